The largest absolute Gasteiger partial charge is 0.356 e. The summed E-state index contributed by atoms with van der Waals surface area (Å²) < 4.78 is 0.932. The van der Waals surface area contributed by atoms with Crippen LogP contribution in [-0.2, 0) is 16.1 Å². The Bertz CT molecular complexity index is 754. The van der Waals surface area contributed by atoms with Gasteiger partial charge in [0, 0.05) is 31.5 Å². The first-order valence-electron chi connectivity index (χ1n) is 15.9. The van der Waals surface area contributed by atoms with E-state index < -0.39 is 0 Å². The lowest BCUT2D eigenvalue weighted by Gasteiger charge is -2.38. The van der Waals surface area contributed by atoms with E-state index in [-0.39, 0.29) is 5.91 Å². The van der Waals surface area contributed by atoms with E-state index in [0.717, 1.165) is 69.4 Å². The van der Waals surface area contributed by atoms with Crippen LogP contribution in [0.15, 0.2) is 30.3 Å². The molecule has 1 unspecified atom stereocenters. The first-order chi connectivity index (χ1) is 18.5. The van der Waals surface area contributed by atoms with Crippen molar-refractivity contribution in [1.82, 2.24) is 10.2 Å². The zero-order valence-electron chi connectivity index (χ0n) is 24.9. The highest BCUT2D eigenvalue weighted by molar-refractivity contribution is 5.77. The monoisotopic (exact) mass is 528 g/mol. The molecule has 38 heavy (non-hydrogen) atoms. The third kappa shape index (κ3) is 14.9. The highest BCUT2D eigenvalue weighted by Gasteiger charge is 2.30. The van der Waals surface area contributed by atoms with E-state index in [4.69, 9.17) is 0 Å². The lowest BCUT2D eigenvalue weighted by Crippen LogP contribution is -2.51. The SMILES string of the molecule is CCCCCC(=O)NCCCCCCCCCCCCCC[N+](C)(Cc1ccccc1)CN1CCCC1=O. The predicted octanol–water partition coefficient (Wildman–Crippen LogP) is 7.59. The van der Waals surface area contributed by atoms with Crippen LogP contribution in [-0.4, -0.2) is 54.5 Å². The number of quaternary nitrogens is 1. The summed E-state index contributed by atoms with van der Waals surface area (Å²) in [4.78, 5) is 26.1. The molecule has 1 atom stereocenters. The van der Waals surface area contributed by atoms with Crippen molar-refractivity contribution in [1.29, 1.82) is 0 Å². The molecule has 2 rings (SSSR count). The molecule has 0 aromatic heterocycles. The Labute approximate surface area is 234 Å². The number of carbonyl (C=O) groups excluding carboxylic acids is 2. The van der Waals surface area contributed by atoms with Gasteiger partial charge < -0.3 is 9.80 Å². The summed E-state index contributed by atoms with van der Waals surface area (Å²) in [6, 6.07) is 10.8. The third-order valence-electron chi connectivity index (χ3n) is 8.04. The second-order valence-corrected chi connectivity index (χ2v) is 11.9. The van der Waals surface area contributed by atoms with Crippen LogP contribution in [0.2, 0.25) is 0 Å². The smallest absolute Gasteiger partial charge is 0.226 e. The minimum absolute atomic E-state index is 0.234. The van der Waals surface area contributed by atoms with Crippen LogP contribution in [0, 0.1) is 0 Å². The van der Waals surface area contributed by atoms with Gasteiger partial charge in [0.2, 0.25) is 11.8 Å². The molecule has 1 aromatic rings. The van der Waals surface area contributed by atoms with E-state index in [1.807, 2.05) is 0 Å². The Balaban J connectivity index is 1.45. The maximum Gasteiger partial charge on any atom is 0.226 e. The van der Waals surface area contributed by atoms with Gasteiger partial charge in [0.05, 0.1) is 13.6 Å². The van der Waals surface area contributed by atoms with Crippen LogP contribution in [0.25, 0.3) is 0 Å². The number of nitrogens with one attached hydrogen (secondary N) is 1. The van der Waals surface area contributed by atoms with E-state index >= 15 is 0 Å². The van der Waals surface area contributed by atoms with E-state index in [1.54, 1.807) is 0 Å². The van der Waals surface area contributed by atoms with Crippen molar-refractivity contribution in [3.8, 4) is 0 Å². The molecular formula is C33H58N3O2+. The maximum absolute atomic E-state index is 12.3. The molecule has 0 saturated carbocycles. The Morgan fingerprint density at radius 1 is 0.842 bits per heavy atom. The van der Waals surface area contributed by atoms with Gasteiger partial charge in [0.1, 0.15) is 6.54 Å². The number of hydrogen-bond acceptors (Lipinski definition) is 2. The van der Waals surface area contributed by atoms with Crippen LogP contribution in [0.3, 0.4) is 0 Å². The average molecular weight is 529 g/mol. The number of unbranched alkanes of at least 4 members (excludes halogenated alkanes) is 13. The molecule has 1 saturated heterocycles. The molecule has 1 heterocycles. The number of likely N-dealkylation sites (tertiary alicyclic amines) is 1. The standard InChI is InChI=1S/C33H57N3O2/c1-3-4-16-24-32(37)34-26-19-13-11-9-7-5-6-8-10-12-14-20-28-36(2,29-31-22-17-15-18-23-31)30-35-27-21-25-33(35)38/h15,17-18,22-23H,3-14,16,19-21,24-30H2,1-2H3/p+1. The zero-order valence-corrected chi connectivity index (χ0v) is 24.9. The summed E-state index contributed by atoms with van der Waals surface area (Å²) in [5.41, 5.74) is 1.37. The minimum Gasteiger partial charge on any atom is -0.356 e. The summed E-state index contributed by atoms with van der Waals surface area (Å²) in [5, 5.41) is 3.06. The molecule has 5 heteroatoms. The number of benzene rings is 1. The van der Waals surface area contributed by atoms with Gasteiger partial charge in [-0.05, 0) is 32.1 Å². The summed E-state index contributed by atoms with van der Waals surface area (Å²) >= 11 is 0. The topological polar surface area (TPSA) is 49.4 Å². The third-order valence-corrected chi connectivity index (χ3v) is 8.04. The molecule has 1 fully saturated rings. The van der Waals surface area contributed by atoms with Crippen molar-refractivity contribution in [3.05, 3.63) is 35.9 Å². The molecule has 216 valence electrons. The van der Waals surface area contributed by atoms with Crippen LogP contribution in [0.4, 0.5) is 0 Å². The highest BCUT2D eigenvalue weighted by Crippen LogP contribution is 2.20. The normalized spacial score (nSPS) is 15.1. The molecule has 5 nitrogen and oxygen atoms in total. The molecule has 0 aliphatic carbocycles. The Morgan fingerprint density at radius 3 is 2.03 bits per heavy atom. The van der Waals surface area contributed by atoms with Gasteiger partial charge in [-0.1, -0.05) is 108 Å². The van der Waals surface area contributed by atoms with Gasteiger partial charge in [-0.25, -0.2) is 0 Å². The second kappa shape index (κ2) is 20.1. The number of carbonyl (C=O) groups is 2. The molecule has 1 aliphatic heterocycles. The first kappa shape index (κ1) is 32.3. The predicted molar refractivity (Wildman–Crippen MR) is 160 cm³/mol. The fourth-order valence-corrected chi connectivity index (χ4v) is 5.73. The van der Waals surface area contributed by atoms with Crippen LogP contribution < -0.4 is 5.32 Å². The molecule has 1 aromatic carbocycles. The minimum atomic E-state index is 0.234. The maximum atomic E-state index is 12.3. The van der Waals surface area contributed by atoms with Crippen molar-refractivity contribution in [2.24, 2.45) is 0 Å². The van der Waals surface area contributed by atoms with Gasteiger partial charge in [0.15, 0.2) is 6.67 Å². The summed E-state index contributed by atoms with van der Waals surface area (Å²) in [6.07, 6.45) is 21.5. The molecule has 0 bridgehead atoms. The average Bonchev–Trinajstić information content (AvgIpc) is 3.30. The first-order valence-corrected chi connectivity index (χ1v) is 15.9. The molecule has 0 radical (unpaired) electrons. The van der Waals surface area contributed by atoms with E-state index in [0.29, 0.717) is 12.3 Å². The number of nitrogens with zero attached hydrogens (tertiary/aromatic N) is 2. The van der Waals surface area contributed by atoms with Gasteiger partial charge in [-0.2, -0.15) is 0 Å². The Hall–Kier alpha value is -1.88. The molecule has 1 N–H and O–H groups in total. The summed E-state index contributed by atoms with van der Waals surface area (Å²) in [6.45, 7) is 6.94. The summed E-state index contributed by atoms with van der Waals surface area (Å²) in [7, 11) is 2.34. The van der Waals surface area contributed by atoms with E-state index in [2.05, 4.69) is 54.5 Å². The fourth-order valence-electron chi connectivity index (χ4n) is 5.73. The zero-order chi connectivity index (χ0) is 27.3. The van der Waals surface area contributed by atoms with E-state index in [9.17, 15) is 9.59 Å². The number of rotatable bonds is 23. The van der Waals surface area contributed by atoms with Crippen molar-refractivity contribution < 1.29 is 14.1 Å². The molecule has 2 amide bonds. The van der Waals surface area contributed by atoms with Gasteiger partial charge in [-0.3, -0.25) is 14.5 Å². The lowest BCUT2D eigenvalue weighted by atomic mass is 10.0. The Kier molecular flexibility index (Phi) is 17.1. The van der Waals surface area contributed by atoms with Crippen LogP contribution in [0.1, 0.15) is 128 Å². The molecule has 0 spiro atoms. The highest BCUT2D eigenvalue weighted by atomic mass is 16.2. The van der Waals surface area contributed by atoms with Gasteiger partial charge in [0.25, 0.3) is 0 Å². The van der Waals surface area contributed by atoms with Crippen LogP contribution >= 0.6 is 0 Å². The van der Waals surface area contributed by atoms with Gasteiger partial charge in [-0.15, -0.1) is 0 Å². The quantitative estimate of drug-likeness (QED) is 0.117. The molecule has 1 aliphatic rings. The Morgan fingerprint density at radius 2 is 1.45 bits per heavy atom. The van der Waals surface area contributed by atoms with E-state index in [1.165, 1.54) is 82.6 Å². The number of hydrogen-bond donors (Lipinski definition) is 1. The van der Waals surface area contributed by atoms with Gasteiger partial charge >= 0.3 is 0 Å². The van der Waals surface area contributed by atoms with Crippen molar-refractivity contribution in [2.45, 2.75) is 129 Å². The second-order valence-electron chi connectivity index (χ2n) is 11.9. The van der Waals surface area contributed by atoms with Crippen LogP contribution in [0.5, 0.6) is 0 Å². The lowest BCUT2D eigenvalue weighted by molar-refractivity contribution is -0.930. The van der Waals surface area contributed by atoms with Crippen molar-refractivity contribution in [2.75, 3.05) is 33.4 Å². The fraction of sp³-hybridized carbons (Fsp3) is 0.758. The number of amides is 2. The molecular weight excluding hydrogens is 470 g/mol. The van der Waals surface area contributed by atoms with Crippen molar-refractivity contribution in [3.63, 3.8) is 0 Å². The summed E-state index contributed by atoms with van der Waals surface area (Å²) in [5.74, 6) is 0.571. The van der Waals surface area contributed by atoms with Crippen molar-refractivity contribution >= 4 is 11.8 Å².